The summed E-state index contributed by atoms with van der Waals surface area (Å²) in [6, 6.07) is 6.74. The summed E-state index contributed by atoms with van der Waals surface area (Å²) >= 11 is 0. The van der Waals surface area contributed by atoms with E-state index in [-0.39, 0.29) is 17.7 Å². The molecule has 3 rings (SSSR count). The maximum Gasteiger partial charge on any atom is 0.168 e. The van der Waals surface area contributed by atoms with Crippen LogP contribution in [0.25, 0.3) is 0 Å². The fourth-order valence-electron chi connectivity index (χ4n) is 3.19. The fourth-order valence-corrected chi connectivity index (χ4v) is 3.19. The Bertz CT molecular complexity index is 481. The van der Waals surface area contributed by atoms with Crippen molar-refractivity contribution in [2.24, 2.45) is 0 Å². The quantitative estimate of drug-likeness (QED) is 0.908. The normalized spacial score (nSPS) is 22.8. The van der Waals surface area contributed by atoms with Crippen molar-refractivity contribution in [3.63, 3.8) is 0 Å². The molecule has 1 aromatic carbocycles. The number of ether oxygens (including phenoxy) is 3. The molecule has 22 heavy (non-hydrogen) atoms. The summed E-state index contributed by atoms with van der Waals surface area (Å²) < 4.78 is 30.3. The molecule has 4 nitrogen and oxygen atoms in total. The summed E-state index contributed by atoms with van der Waals surface area (Å²) in [6.45, 7) is 4.18. The summed E-state index contributed by atoms with van der Waals surface area (Å²) in [6.07, 6.45) is 3.99. The fraction of sp³-hybridized carbons (Fsp3) is 0.647. The lowest BCUT2D eigenvalue weighted by Crippen LogP contribution is -2.44. The van der Waals surface area contributed by atoms with Crippen molar-refractivity contribution in [1.29, 1.82) is 0 Å². The van der Waals surface area contributed by atoms with Gasteiger partial charge in [0.05, 0.1) is 13.2 Å². The molecule has 0 radical (unpaired) electrons. The van der Waals surface area contributed by atoms with Gasteiger partial charge in [-0.1, -0.05) is 6.07 Å². The minimum absolute atomic E-state index is 0.00309. The minimum atomic E-state index is -0.304. The molecule has 1 aromatic rings. The molecule has 1 saturated carbocycles. The highest BCUT2D eigenvalue weighted by molar-refractivity contribution is 5.22. The number of benzene rings is 1. The van der Waals surface area contributed by atoms with E-state index < -0.39 is 0 Å². The second-order valence-corrected chi connectivity index (χ2v) is 6.18. The number of hydrogen-bond donors (Lipinski definition) is 1. The molecule has 0 aromatic heterocycles. The van der Waals surface area contributed by atoms with E-state index in [1.165, 1.54) is 12.1 Å². The molecular weight excluding hydrogens is 285 g/mol. The Morgan fingerprint density at radius 1 is 1.32 bits per heavy atom. The van der Waals surface area contributed by atoms with Gasteiger partial charge in [-0.3, -0.25) is 0 Å². The predicted octanol–water partition coefficient (Wildman–Crippen LogP) is 2.87. The van der Waals surface area contributed by atoms with Crippen LogP contribution in [0.4, 0.5) is 4.39 Å². The second-order valence-electron chi connectivity index (χ2n) is 6.18. The van der Waals surface area contributed by atoms with Crippen molar-refractivity contribution in [3.05, 3.63) is 30.1 Å². The largest absolute Gasteiger partial charge is 0.489 e. The van der Waals surface area contributed by atoms with Crippen LogP contribution < -0.4 is 10.1 Å². The molecule has 0 unspecified atom stereocenters. The van der Waals surface area contributed by atoms with E-state index in [2.05, 4.69) is 5.32 Å². The van der Waals surface area contributed by atoms with E-state index >= 15 is 0 Å². The van der Waals surface area contributed by atoms with Crippen LogP contribution in [0, 0.1) is 5.82 Å². The van der Waals surface area contributed by atoms with Gasteiger partial charge in [-0.15, -0.1) is 0 Å². The van der Waals surface area contributed by atoms with Crippen LogP contribution in [0.3, 0.4) is 0 Å². The molecule has 1 atom stereocenters. The van der Waals surface area contributed by atoms with Gasteiger partial charge in [0.25, 0.3) is 0 Å². The zero-order chi connectivity index (χ0) is 15.4. The van der Waals surface area contributed by atoms with Gasteiger partial charge in [-0.05, 0) is 31.9 Å². The van der Waals surface area contributed by atoms with E-state index in [4.69, 9.17) is 14.2 Å². The van der Waals surface area contributed by atoms with Crippen LogP contribution in [0.5, 0.6) is 5.75 Å². The predicted molar refractivity (Wildman–Crippen MR) is 81.4 cm³/mol. The number of hydrogen-bond acceptors (Lipinski definition) is 4. The molecule has 0 bridgehead atoms. The summed E-state index contributed by atoms with van der Waals surface area (Å²) in [5, 5.41) is 3.53. The smallest absolute Gasteiger partial charge is 0.168 e. The maximum absolute atomic E-state index is 13.1. The lowest BCUT2D eigenvalue weighted by atomic mass is 9.90. The van der Waals surface area contributed by atoms with Crippen LogP contribution in [-0.4, -0.2) is 37.7 Å². The Kier molecular flexibility index (Phi) is 4.96. The summed E-state index contributed by atoms with van der Waals surface area (Å²) in [5.41, 5.74) is 0. The zero-order valence-electron chi connectivity index (χ0n) is 13.0. The molecule has 1 heterocycles. The number of halogens is 1. The van der Waals surface area contributed by atoms with Gasteiger partial charge in [-0.25, -0.2) is 4.39 Å². The van der Waals surface area contributed by atoms with Gasteiger partial charge >= 0.3 is 0 Å². The molecule has 122 valence electrons. The van der Waals surface area contributed by atoms with Crippen LogP contribution in [0.2, 0.25) is 0 Å². The SMILES string of the molecule is C[C@@H](CNC1CCC2(CC1)OCCO2)Oc1cccc(F)c1. The van der Waals surface area contributed by atoms with Crippen molar-refractivity contribution in [1.82, 2.24) is 5.32 Å². The first-order chi connectivity index (χ1) is 10.7. The van der Waals surface area contributed by atoms with Gasteiger partial charge in [0, 0.05) is 31.5 Å². The third-order valence-electron chi connectivity index (χ3n) is 4.39. The average molecular weight is 309 g/mol. The highest BCUT2D eigenvalue weighted by atomic mass is 19.1. The minimum Gasteiger partial charge on any atom is -0.489 e. The van der Waals surface area contributed by atoms with Crippen molar-refractivity contribution in [2.45, 2.75) is 50.5 Å². The lowest BCUT2D eigenvalue weighted by Gasteiger charge is -2.36. The van der Waals surface area contributed by atoms with Gasteiger partial charge < -0.3 is 19.5 Å². The Labute approximate surface area is 130 Å². The Morgan fingerprint density at radius 3 is 2.73 bits per heavy atom. The molecule has 0 amide bonds. The lowest BCUT2D eigenvalue weighted by molar-refractivity contribution is -0.179. The molecule has 2 fully saturated rings. The van der Waals surface area contributed by atoms with E-state index in [0.717, 1.165) is 45.4 Å². The monoisotopic (exact) mass is 309 g/mol. The Hall–Kier alpha value is -1.17. The number of nitrogens with one attached hydrogen (secondary N) is 1. The first-order valence-electron chi connectivity index (χ1n) is 8.09. The summed E-state index contributed by atoms with van der Waals surface area (Å²) in [5.74, 6) is -0.00144. The highest BCUT2D eigenvalue weighted by Gasteiger charge is 2.40. The van der Waals surface area contributed by atoms with Crippen LogP contribution >= 0.6 is 0 Å². The van der Waals surface area contributed by atoms with Crippen molar-refractivity contribution in [2.75, 3.05) is 19.8 Å². The third kappa shape index (κ3) is 3.97. The van der Waals surface area contributed by atoms with Crippen molar-refractivity contribution < 1.29 is 18.6 Å². The van der Waals surface area contributed by atoms with Crippen LogP contribution in [0.15, 0.2) is 24.3 Å². The van der Waals surface area contributed by atoms with E-state index in [0.29, 0.717) is 11.8 Å². The first kappa shape index (κ1) is 15.7. The first-order valence-corrected chi connectivity index (χ1v) is 8.09. The second kappa shape index (κ2) is 6.94. The maximum atomic E-state index is 13.1. The van der Waals surface area contributed by atoms with Gasteiger partial charge in [-0.2, -0.15) is 0 Å². The summed E-state index contributed by atoms with van der Waals surface area (Å²) in [4.78, 5) is 0. The number of rotatable bonds is 5. The molecule has 2 aliphatic rings. The Balaban J connectivity index is 1.39. The molecule has 1 spiro atoms. The van der Waals surface area contributed by atoms with Gasteiger partial charge in [0.15, 0.2) is 5.79 Å². The van der Waals surface area contributed by atoms with Gasteiger partial charge in [0.1, 0.15) is 17.7 Å². The van der Waals surface area contributed by atoms with Crippen molar-refractivity contribution in [3.8, 4) is 5.75 Å². The zero-order valence-corrected chi connectivity index (χ0v) is 13.0. The highest BCUT2D eigenvalue weighted by Crippen LogP contribution is 2.35. The molecule has 1 aliphatic carbocycles. The molecule has 5 heteroatoms. The van der Waals surface area contributed by atoms with E-state index in [9.17, 15) is 4.39 Å². The standard InChI is InChI=1S/C17H24FNO3/c1-13(22-16-4-2-3-14(18)11-16)12-19-15-5-7-17(8-6-15)20-9-10-21-17/h2-4,11,13,15,19H,5-10,12H2,1H3/t13-/m0/s1. The van der Waals surface area contributed by atoms with E-state index in [1.807, 2.05) is 6.92 Å². The van der Waals surface area contributed by atoms with Gasteiger partial charge in [0.2, 0.25) is 0 Å². The molecular formula is C17H24FNO3. The van der Waals surface area contributed by atoms with Crippen LogP contribution in [0.1, 0.15) is 32.6 Å². The molecule has 1 saturated heterocycles. The van der Waals surface area contributed by atoms with Crippen LogP contribution in [-0.2, 0) is 9.47 Å². The topological polar surface area (TPSA) is 39.7 Å². The summed E-state index contributed by atoms with van der Waals surface area (Å²) in [7, 11) is 0. The molecule has 1 N–H and O–H groups in total. The third-order valence-corrected chi connectivity index (χ3v) is 4.39. The Morgan fingerprint density at radius 2 is 2.05 bits per heavy atom. The molecule has 1 aliphatic heterocycles. The average Bonchev–Trinajstić information content (AvgIpc) is 2.95. The van der Waals surface area contributed by atoms with E-state index in [1.54, 1.807) is 12.1 Å². The van der Waals surface area contributed by atoms with Crippen molar-refractivity contribution >= 4 is 0 Å².